The van der Waals surface area contributed by atoms with E-state index in [1.807, 2.05) is 49.0 Å². The van der Waals surface area contributed by atoms with Gasteiger partial charge in [-0.15, -0.1) is 11.8 Å². The van der Waals surface area contributed by atoms with E-state index in [0.29, 0.717) is 16.3 Å². The predicted molar refractivity (Wildman–Crippen MR) is 167 cm³/mol. The maximum Gasteiger partial charge on any atom is 0.343 e. The summed E-state index contributed by atoms with van der Waals surface area (Å²) >= 11 is 7.90. The van der Waals surface area contributed by atoms with Crippen molar-refractivity contribution in [2.75, 3.05) is 5.75 Å². The van der Waals surface area contributed by atoms with Gasteiger partial charge in [0.1, 0.15) is 5.75 Å². The number of thioether (sulfide) groups is 1. The Morgan fingerprint density at radius 2 is 1.16 bits per heavy atom. The Hall–Kier alpha value is -1.45. The molecule has 2 nitrogen and oxygen atoms in total. The zero-order valence-electron chi connectivity index (χ0n) is 24.1. The number of halogens is 1. The van der Waals surface area contributed by atoms with Gasteiger partial charge in [0, 0.05) is 9.92 Å². The van der Waals surface area contributed by atoms with E-state index in [-0.39, 0.29) is 5.97 Å². The highest BCUT2D eigenvalue weighted by atomic mass is 35.5. The van der Waals surface area contributed by atoms with Crippen LogP contribution in [0.2, 0.25) is 5.02 Å². The number of carbonyl (C=O) groups is 1. The van der Waals surface area contributed by atoms with E-state index in [9.17, 15) is 4.79 Å². The first-order valence-corrected chi connectivity index (χ1v) is 16.7. The minimum atomic E-state index is -0.371. The second-order valence-corrected chi connectivity index (χ2v) is 12.3. The van der Waals surface area contributed by atoms with Crippen molar-refractivity contribution in [1.29, 1.82) is 0 Å². The molecule has 2 rings (SSSR count). The second-order valence-electron chi connectivity index (χ2n) is 10.7. The summed E-state index contributed by atoms with van der Waals surface area (Å²) in [6, 6.07) is 13.1. The maximum absolute atomic E-state index is 12.4. The largest absolute Gasteiger partial charge is 0.423 e. The molecular weight excluding hydrogens is 508 g/mol. The summed E-state index contributed by atoms with van der Waals surface area (Å²) in [4.78, 5) is 13.7. The highest BCUT2D eigenvalue weighted by Crippen LogP contribution is 2.24. The quantitative estimate of drug-likeness (QED) is 0.0621. The first kappa shape index (κ1) is 32.8. The topological polar surface area (TPSA) is 26.3 Å². The van der Waals surface area contributed by atoms with Crippen LogP contribution in [0.3, 0.4) is 0 Å². The summed E-state index contributed by atoms with van der Waals surface area (Å²) in [6.45, 7) is 4.17. The van der Waals surface area contributed by atoms with E-state index in [1.165, 1.54) is 120 Å². The van der Waals surface area contributed by atoms with Gasteiger partial charge in [-0.05, 0) is 61.1 Å². The molecule has 0 saturated carbocycles. The first-order valence-electron chi connectivity index (χ1n) is 15.3. The monoisotopic (exact) mass is 558 g/mol. The van der Waals surface area contributed by atoms with Gasteiger partial charge in [-0.1, -0.05) is 134 Å². The van der Waals surface area contributed by atoms with Gasteiger partial charge < -0.3 is 4.74 Å². The maximum atomic E-state index is 12.4. The van der Waals surface area contributed by atoms with Crippen LogP contribution in [0.25, 0.3) is 0 Å². The number of esters is 1. The summed E-state index contributed by atoms with van der Waals surface area (Å²) in [5, 5.41) is 0.536. The minimum absolute atomic E-state index is 0.371. The van der Waals surface area contributed by atoms with Crippen LogP contribution in [-0.4, -0.2) is 11.7 Å². The number of unbranched alkanes of at least 4 members (excludes halogenated alkanes) is 17. The molecule has 2 aromatic carbocycles. The molecule has 0 heterocycles. The zero-order chi connectivity index (χ0) is 27.3. The third kappa shape index (κ3) is 15.2. The molecule has 0 aliphatic rings. The van der Waals surface area contributed by atoms with Crippen molar-refractivity contribution in [3.8, 4) is 5.75 Å². The van der Waals surface area contributed by atoms with Crippen LogP contribution in [0, 0.1) is 6.92 Å². The third-order valence-electron chi connectivity index (χ3n) is 7.22. The molecular formula is C34H51ClO2S. The number of rotatable bonds is 22. The summed E-state index contributed by atoms with van der Waals surface area (Å²) in [7, 11) is 0. The molecule has 212 valence electrons. The van der Waals surface area contributed by atoms with E-state index in [4.69, 9.17) is 16.3 Å². The Morgan fingerprint density at radius 1 is 0.684 bits per heavy atom. The lowest BCUT2D eigenvalue weighted by Crippen LogP contribution is -2.10. The molecule has 0 atom stereocenters. The van der Waals surface area contributed by atoms with Gasteiger partial charge in [0.2, 0.25) is 0 Å². The highest BCUT2D eigenvalue weighted by Gasteiger charge is 2.12. The predicted octanol–water partition coefficient (Wildman–Crippen LogP) is 12.0. The molecule has 0 spiro atoms. The normalized spacial score (nSPS) is 11.1. The average Bonchev–Trinajstić information content (AvgIpc) is 2.92. The van der Waals surface area contributed by atoms with E-state index in [1.54, 1.807) is 12.1 Å². The molecule has 2 aromatic rings. The Labute approximate surface area is 242 Å². The van der Waals surface area contributed by atoms with Crippen molar-refractivity contribution in [3.63, 3.8) is 0 Å². The van der Waals surface area contributed by atoms with Crippen LogP contribution < -0.4 is 4.74 Å². The number of aryl methyl sites for hydroxylation is 1. The molecule has 0 saturated heterocycles. The fourth-order valence-electron chi connectivity index (χ4n) is 4.77. The molecule has 4 heteroatoms. The van der Waals surface area contributed by atoms with Crippen molar-refractivity contribution in [1.82, 2.24) is 0 Å². The van der Waals surface area contributed by atoms with Crippen molar-refractivity contribution < 1.29 is 9.53 Å². The van der Waals surface area contributed by atoms with Crippen LogP contribution in [0.5, 0.6) is 5.75 Å². The Kier molecular flexibility index (Phi) is 18.4. The molecule has 0 radical (unpaired) electrons. The fraction of sp³-hybridized carbons (Fsp3) is 0.618. The Morgan fingerprint density at radius 3 is 1.66 bits per heavy atom. The Bertz CT molecular complexity index is 881. The molecule has 0 amide bonds. The number of carbonyl (C=O) groups excluding carboxylic acids is 1. The van der Waals surface area contributed by atoms with Gasteiger partial charge in [-0.3, -0.25) is 0 Å². The highest BCUT2D eigenvalue weighted by molar-refractivity contribution is 7.99. The summed E-state index contributed by atoms with van der Waals surface area (Å²) in [5.74, 6) is 1.33. The smallest absolute Gasteiger partial charge is 0.343 e. The van der Waals surface area contributed by atoms with Crippen LogP contribution in [0.15, 0.2) is 47.4 Å². The minimum Gasteiger partial charge on any atom is -0.423 e. The number of ether oxygens (including phenoxy) is 1. The SMILES string of the molecule is CCCCCCCCCCCCCCCCCCCCSc1ccc(OC(=O)c2cc(Cl)ccc2C)cc1. The van der Waals surface area contributed by atoms with Gasteiger partial charge in [0.25, 0.3) is 0 Å². The van der Waals surface area contributed by atoms with Crippen molar-refractivity contribution in [2.45, 2.75) is 134 Å². The summed E-state index contributed by atoms with van der Waals surface area (Å²) in [5.41, 5.74) is 1.36. The zero-order valence-corrected chi connectivity index (χ0v) is 25.7. The molecule has 0 bridgehead atoms. The van der Waals surface area contributed by atoms with E-state index >= 15 is 0 Å². The van der Waals surface area contributed by atoms with E-state index in [2.05, 4.69) is 6.92 Å². The van der Waals surface area contributed by atoms with Gasteiger partial charge >= 0.3 is 5.97 Å². The van der Waals surface area contributed by atoms with Crippen molar-refractivity contribution in [3.05, 3.63) is 58.6 Å². The van der Waals surface area contributed by atoms with Crippen LogP contribution in [0.1, 0.15) is 138 Å². The molecule has 0 aromatic heterocycles. The standard InChI is InChI=1S/C34H51ClO2S/c1-3-4-5-6-7-8-9-10-11-12-13-14-15-16-17-18-19-20-27-38-32-25-23-31(24-26-32)37-34(36)33-28-30(35)22-21-29(33)2/h21-26,28H,3-20,27H2,1-2H3. The first-order chi connectivity index (χ1) is 18.6. The molecule has 0 N–H and O–H groups in total. The van der Waals surface area contributed by atoms with Crippen molar-refractivity contribution >= 4 is 29.3 Å². The number of benzene rings is 2. The second kappa shape index (κ2) is 21.4. The van der Waals surface area contributed by atoms with Crippen LogP contribution >= 0.6 is 23.4 Å². The molecule has 0 aliphatic heterocycles. The lowest BCUT2D eigenvalue weighted by atomic mass is 10.0. The lowest BCUT2D eigenvalue weighted by molar-refractivity contribution is 0.0734. The summed E-state index contributed by atoms with van der Waals surface area (Å²) < 4.78 is 5.53. The number of hydrogen-bond donors (Lipinski definition) is 0. The molecule has 38 heavy (non-hydrogen) atoms. The third-order valence-corrected chi connectivity index (χ3v) is 8.55. The summed E-state index contributed by atoms with van der Waals surface area (Å²) in [6.07, 6.45) is 25.4. The van der Waals surface area contributed by atoms with Gasteiger partial charge in [0.15, 0.2) is 0 Å². The van der Waals surface area contributed by atoms with E-state index < -0.39 is 0 Å². The van der Waals surface area contributed by atoms with Gasteiger partial charge in [-0.25, -0.2) is 4.79 Å². The molecule has 0 aliphatic carbocycles. The Balaban J connectivity index is 1.39. The van der Waals surface area contributed by atoms with Crippen molar-refractivity contribution in [2.24, 2.45) is 0 Å². The van der Waals surface area contributed by atoms with E-state index in [0.717, 1.165) is 11.3 Å². The molecule has 0 fully saturated rings. The number of hydrogen-bond acceptors (Lipinski definition) is 3. The fourth-order valence-corrected chi connectivity index (χ4v) is 5.86. The van der Waals surface area contributed by atoms with Crippen LogP contribution in [0.4, 0.5) is 0 Å². The van der Waals surface area contributed by atoms with Crippen LogP contribution in [-0.2, 0) is 0 Å². The lowest BCUT2D eigenvalue weighted by Gasteiger charge is -2.08. The van der Waals surface area contributed by atoms with Gasteiger partial charge in [0.05, 0.1) is 5.56 Å². The average molecular weight is 559 g/mol. The molecule has 0 unspecified atom stereocenters. The van der Waals surface area contributed by atoms with Gasteiger partial charge in [-0.2, -0.15) is 0 Å².